The molecule has 0 atom stereocenters. The lowest BCUT2D eigenvalue weighted by Gasteiger charge is -2.13. The van der Waals surface area contributed by atoms with Crippen LogP contribution in [-0.4, -0.2) is 42.3 Å². The van der Waals surface area contributed by atoms with E-state index < -0.39 is 10.7 Å². The fourth-order valence-electron chi connectivity index (χ4n) is 2.39. The third kappa shape index (κ3) is 4.07. The molecule has 1 aromatic carbocycles. The number of benzene rings is 1. The average Bonchev–Trinajstić information content (AvgIpc) is 2.69. The molecule has 0 fully saturated rings. The van der Waals surface area contributed by atoms with Crippen molar-refractivity contribution in [1.82, 2.24) is 9.97 Å². The summed E-state index contributed by atoms with van der Waals surface area (Å²) in [5.41, 5.74) is -0.0690. The van der Waals surface area contributed by atoms with Crippen molar-refractivity contribution in [3.63, 3.8) is 0 Å². The van der Waals surface area contributed by atoms with Crippen LogP contribution in [0.4, 0.5) is 10.1 Å². The molecule has 2 heterocycles. The van der Waals surface area contributed by atoms with Gasteiger partial charge < -0.3 is 18.9 Å². The number of rotatable bonds is 8. The first kappa shape index (κ1) is 19.2. The van der Waals surface area contributed by atoms with Crippen LogP contribution in [-0.2, 0) is 4.74 Å². The molecular formula is C18H16FN3O6. The second-order valence-corrected chi connectivity index (χ2v) is 5.49. The maximum Gasteiger partial charge on any atom is 0.272 e. The summed E-state index contributed by atoms with van der Waals surface area (Å²) in [6.07, 6.45) is 1.44. The van der Waals surface area contributed by atoms with Crippen LogP contribution in [0.1, 0.15) is 0 Å². The van der Waals surface area contributed by atoms with Gasteiger partial charge in [0.05, 0.1) is 30.1 Å². The van der Waals surface area contributed by atoms with Crippen molar-refractivity contribution >= 4 is 16.7 Å². The first-order valence-electron chi connectivity index (χ1n) is 8.10. The number of ether oxygens (including phenoxy) is 4. The van der Waals surface area contributed by atoms with Crippen molar-refractivity contribution in [3.8, 4) is 23.1 Å². The van der Waals surface area contributed by atoms with Gasteiger partial charge in [-0.05, 0) is 12.1 Å². The van der Waals surface area contributed by atoms with E-state index in [0.29, 0.717) is 23.4 Å². The quantitative estimate of drug-likeness (QED) is 0.327. The molecule has 10 heteroatoms. The van der Waals surface area contributed by atoms with Crippen LogP contribution >= 0.6 is 0 Å². The zero-order chi connectivity index (χ0) is 20.1. The number of nitrogens with zero attached hydrogens (tertiary/aromatic N) is 3. The van der Waals surface area contributed by atoms with E-state index in [4.69, 9.17) is 18.9 Å². The number of hydrogen-bond acceptors (Lipinski definition) is 8. The lowest BCUT2D eigenvalue weighted by molar-refractivity contribution is -0.385. The number of nitro benzene ring substituents is 1. The van der Waals surface area contributed by atoms with E-state index in [0.717, 1.165) is 12.1 Å². The summed E-state index contributed by atoms with van der Waals surface area (Å²) in [4.78, 5) is 18.5. The maximum absolute atomic E-state index is 14.2. The van der Waals surface area contributed by atoms with Gasteiger partial charge in [-0.1, -0.05) is 0 Å². The fraction of sp³-hybridized carbons (Fsp3) is 0.222. The summed E-state index contributed by atoms with van der Waals surface area (Å²) in [5.74, 6) is -0.207. The molecule has 0 radical (unpaired) electrons. The Kier molecular flexibility index (Phi) is 5.80. The van der Waals surface area contributed by atoms with Gasteiger partial charge in [0.2, 0.25) is 0 Å². The Balaban J connectivity index is 1.99. The SMILES string of the molecule is COCCOc1cc2c(Oc3ccc([N+](=O)[O-])cc3F)ccnc2nc1OC. The van der Waals surface area contributed by atoms with Gasteiger partial charge in [-0.15, -0.1) is 0 Å². The number of fused-ring (bicyclic) bond motifs is 1. The van der Waals surface area contributed by atoms with Crippen molar-refractivity contribution in [2.75, 3.05) is 27.4 Å². The maximum atomic E-state index is 14.2. The third-order valence-corrected chi connectivity index (χ3v) is 3.71. The van der Waals surface area contributed by atoms with E-state index in [1.54, 1.807) is 13.2 Å². The molecule has 0 amide bonds. The molecule has 0 aliphatic rings. The molecule has 9 nitrogen and oxygen atoms in total. The molecule has 0 aliphatic carbocycles. The lowest BCUT2D eigenvalue weighted by atomic mass is 10.2. The Labute approximate surface area is 158 Å². The van der Waals surface area contributed by atoms with E-state index in [1.807, 2.05) is 0 Å². The molecule has 3 aromatic rings. The largest absolute Gasteiger partial charge is 0.486 e. The molecule has 3 rings (SSSR count). The number of pyridine rings is 2. The lowest BCUT2D eigenvalue weighted by Crippen LogP contribution is -2.06. The predicted molar refractivity (Wildman–Crippen MR) is 96.6 cm³/mol. The van der Waals surface area contributed by atoms with Crippen LogP contribution in [0, 0.1) is 15.9 Å². The van der Waals surface area contributed by atoms with E-state index >= 15 is 0 Å². The van der Waals surface area contributed by atoms with Crippen LogP contribution in [0.25, 0.3) is 11.0 Å². The minimum absolute atomic E-state index is 0.171. The molecule has 0 bridgehead atoms. The van der Waals surface area contributed by atoms with Crippen molar-refractivity contribution in [1.29, 1.82) is 0 Å². The monoisotopic (exact) mass is 389 g/mol. The summed E-state index contributed by atoms with van der Waals surface area (Å²) >= 11 is 0. The first-order valence-corrected chi connectivity index (χ1v) is 8.10. The Morgan fingerprint density at radius 2 is 1.93 bits per heavy atom. The highest BCUT2D eigenvalue weighted by molar-refractivity contribution is 5.84. The summed E-state index contributed by atoms with van der Waals surface area (Å²) in [6.45, 7) is 0.638. The normalized spacial score (nSPS) is 10.7. The predicted octanol–water partition coefficient (Wildman–Crippen LogP) is 3.50. The number of aromatic nitrogens is 2. The number of halogens is 1. The smallest absolute Gasteiger partial charge is 0.272 e. The molecule has 0 unspecified atom stereocenters. The van der Waals surface area contributed by atoms with Crippen LogP contribution in [0.2, 0.25) is 0 Å². The van der Waals surface area contributed by atoms with Gasteiger partial charge in [-0.2, -0.15) is 4.98 Å². The summed E-state index contributed by atoms with van der Waals surface area (Å²) < 4.78 is 35.6. The van der Waals surface area contributed by atoms with Crippen molar-refractivity contribution in [2.45, 2.75) is 0 Å². The topological polar surface area (TPSA) is 106 Å². The standard InChI is InChI=1S/C18H16FN3O6/c1-25-7-8-27-16-10-12-14(5-6-20-17(12)21-18(16)26-2)28-15-4-3-11(22(23)24)9-13(15)19/h3-6,9-10H,7-8H2,1-2H3. The van der Waals surface area contributed by atoms with Crippen LogP contribution in [0.15, 0.2) is 36.5 Å². The number of hydrogen-bond donors (Lipinski definition) is 0. The molecule has 146 valence electrons. The second-order valence-electron chi connectivity index (χ2n) is 5.49. The highest BCUT2D eigenvalue weighted by Crippen LogP contribution is 2.35. The molecule has 0 N–H and O–H groups in total. The molecule has 28 heavy (non-hydrogen) atoms. The van der Waals surface area contributed by atoms with Gasteiger partial charge >= 0.3 is 0 Å². The van der Waals surface area contributed by atoms with E-state index in [2.05, 4.69) is 9.97 Å². The zero-order valence-corrected chi connectivity index (χ0v) is 15.0. The van der Waals surface area contributed by atoms with Crippen molar-refractivity contribution in [3.05, 3.63) is 52.5 Å². The van der Waals surface area contributed by atoms with Crippen LogP contribution < -0.4 is 14.2 Å². The zero-order valence-electron chi connectivity index (χ0n) is 15.0. The van der Waals surface area contributed by atoms with Gasteiger partial charge in [-0.3, -0.25) is 10.1 Å². The second kappa shape index (κ2) is 8.44. The van der Waals surface area contributed by atoms with Crippen molar-refractivity contribution < 1.29 is 28.3 Å². The highest BCUT2D eigenvalue weighted by atomic mass is 19.1. The first-order chi connectivity index (χ1) is 13.5. The molecule has 0 saturated carbocycles. The van der Waals surface area contributed by atoms with E-state index in [9.17, 15) is 14.5 Å². The summed E-state index contributed by atoms with van der Waals surface area (Å²) in [5, 5.41) is 11.2. The van der Waals surface area contributed by atoms with E-state index in [1.165, 1.54) is 25.4 Å². The molecule has 0 aliphatic heterocycles. The van der Waals surface area contributed by atoms with Gasteiger partial charge in [0, 0.05) is 25.4 Å². The van der Waals surface area contributed by atoms with E-state index in [-0.39, 0.29) is 29.7 Å². The fourth-order valence-corrected chi connectivity index (χ4v) is 2.39. The summed E-state index contributed by atoms with van der Waals surface area (Å²) in [7, 11) is 3.00. The number of methoxy groups -OCH3 is 2. The molecule has 2 aromatic heterocycles. The average molecular weight is 389 g/mol. The number of non-ortho nitro benzene ring substituents is 1. The van der Waals surface area contributed by atoms with Gasteiger partial charge in [0.1, 0.15) is 12.4 Å². The van der Waals surface area contributed by atoms with Crippen LogP contribution in [0.5, 0.6) is 23.1 Å². The Bertz CT molecular complexity index is 1010. The summed E-state index contributed by atoms with van der Waals surface area (Å²) in [6, 6.07) is 6.27. The minimum Gasteiger partial charge on any atom is -0.486 e. The molecule has 0 saturated heterocycles. The molecular weight excluding hydrogens is 373 g/mol. The van der Waals surface area contributed by atoms with Crippen LogP contribution in [0.3, 0.4) is 0 Å². The Morgan fingerprint density at radius 1 is 1.11 bits per heavy atom. The molecule has 0 spiro atoms. The van der Waals surface area contributed by atoms with Gasteiger partial charge in [0.15, 0.2) is 23.0 Å². The Morgan fingerprint density at radius 3 is 2.61 bits per heavy atom. The Hall–Kier alpha value is -3.53. The van der Waals surface area contributed by atoms with Crippen molar-refractivity contribution in [2.24, 2.45) is 0 Å². The van der Waals surface area contributed by atoms with Gasteiger partial charge in [0.25, 0.3) is 11.6 Å². The van der Waals surface area contributed by atoms with Gasteiger partial charge in [-0.25, -0.2) is 9.37 Å². The third-order valence-electron chi connectivity index (χ3n) is 3.71. The number of nitro groups is 1. The highest BCUT2D eigenvalue weighted by Gasteiger charge is 2.16. The minimum atomic E-state index is -0.864.